The molecule has 0 fully saturated rings. The highest BCUT2D eigenvalue weighted by Crippen LogP contribution is 2.12. The van der Waals surface area contributed by atoms with Crippen molar-refractivity contribution in [3.8, 4) is 0 Å². The third-order valence-electron chi connectivity index (χ3n) is 3.26. The molecule has 0 spiro atoms. The average Bonchev–Trinajstić information content (AvgIpc) is 2.58. The van der Waals surface area contributed by atoms with E-state index in [2.05, 4.69) is 10.9 Å². The van der Waals surface area contributed by atoms with Gasteiger partial charge in [-0.1, -0.05) is 35.9 Å². The summed E-state index contributed by atoms with van der Waals surface area (Å²) in [6.45, 7) is 0. The number of hydrazine groups is 1. The smallest absolute Gasteiger partial charge is 0.349 e. The van der Waals surface area contributed by atoms with Crippen LogP contribution < -0.4 is 16.5 Å². The molecular weight excluding hydrogens is 332 g/mol. The zero-order valence-electron chi connectivity index (χ0n) is 12.2. The first-order valence-electron chi connectivity index (χ1n) is 6.94. The summed E-state index contributed by atoms with van der Waals surface area (Å²) in [5.74, 6) is -1.33. The molecule has 1 aromatic heterocycles. The molecule has 7 heteroatoms. The summed E-state index contributed by atoms with van der Waals surface area (Å²) in [4.78, 5) is 35.9. The molecular formula is C17H11ClN2O4. The quantitative estimate of drug-likeness (QED) is 0.553. The number of benzene rings is 2. The monoisotopic (exact) mass is 342 g/mol. The molecule has 3 rings (SSSR count). The van der Waals surface area contributed by atoms with E-state index in [1.165, 1.54) is 18.2 Å². The van der Waals surface area contributed by atoms with Crippen molar-refractivity contribution in [1.82, 2.24) is 10.9 Å². The van der Waals surface area contributed by atoms with Crippen molar-refractivity contribution in [3.05, 3.63) is 81.2 Å². The fourth-order valence-electron chi connectivity index (χ4n) is 2.10. The summed E-state index contributed by atoms with van der Waals surface area (Å²) >= 11 is 5.80. The largest absolute Gasteiger partial charge is 0.422 e. The first-order chi connectivity index (χ1) is 11.5. The lowest BCUT2D eigenvalue weighted by Gasteiger charge is -2.07. The van der Waals surface area contributed by atoms with Crippen molar-refractivity contribution in [2.75, 3.05) is 0 Å². The first-order valence-corrected chi connectivity index (χ1v) is 7.31. The van der Waals surface area contributed by atoms with Crippen LogP contribution in [0.15, 0.2) is 63.8 Å². The molecule has 1 heterocycles. The lowest BCUT2D eigenvalue weighted by molar-refractivity contribution is 0.0844. The van der Waals surface area contributed by atoms with Crippen LogP contribution in [0.25, 0.3) is 11.0 Å². The Balaban J connectivity index is 1.77. The molecule has 0 atom stereocenters. The highest BCUT2D eigenvalue weighted by atomic mass is 35.5. The van der Waals surface area contributed by atoms with Crippen LogP contribution in [0.4, 0.5) is 0 Å². The molecule has 120 valence electrons. The fraction of sp³-hybridized carbons (Fsp3) is 0. The second-order valence-electron chi connectivity index (χ2n) is 4.90. The molecule has 2 N–H and O–H groups in total. The Bertz CT molecular complexity index is 997. The third kappa shape index (κ3) is 3.28. The van der Waals surface area contributed by atoms with E-state index in [1.54, 1.807) is 36.4 Å². The fourth-order valence-corrected chi connectivity index (χ4v) is 2.29. The summed E-state index contributed by atoms with van der Waals surface area (Å²) in [7, 11) is 0. The summed E-state index contributed by atoms with van der Waals surface area (Å²) < 4.78 is 5.07. The summed E-state index contributed by atoms with van der Waals surface area (Å²) in [5.41, 5.74) is 4.05. The second-order valence-corrected chi connectivity index (χ2v) is 5.34. The van der Waals surface area contributed by atoms with Crippen LogP contribution in [-0.4, -0.2) is 11.8 Å². The van der Waals surface area contributed by atoms with Gasteiger partial charge in [0.1, 0.15) is 11.1 Å². The maximum Gasteiger partial charge on any atom is 0.349 e. The molecule has 0 aliphatic rings. The molecule has 0 saturated heterocycles. The van der Waals surface area contributed by atoms with Crippen molar-refractivity contribution in [2.24, 2.45) is 0 Å². The van der Waals surface area contributed by atoms with Crippen LogP contribution in [0.1, 0.15) is 20.7 Å². The van der Waals surface area contributed by atoms with Crippen LogP contribution >= 0.6 is 11.6 Å². The van der Waals surface area contributed by atoms with Gasteiger partial charge in [0, 0.05) is 16.0 Å². The summed E-state index contributed by atoms with van der Waals surface area (Å²) in [5, 5.41) is 0.993. The number of nitrogens with one attached hydrogen (secondary N) is 2. The van der Waals surface area contributed by atoms with Crippen LogP contribution in [-0.2, 0) is 0 Å². The normalized spacial score (nSPS) is 10.4. The van der Waals surface area contributed by atoms with Gasteiger partial charge in [-0.05, 0) is 30.3 Å². The van der Waals surface area contributed by atoms with Crippen molar-refractivity contribution >= 4 is 34.4 Å². The van der Waals surface area contributed by atoms with E-state index >= 15 is 0 Å². The van der Waals surface area contributed by atoms with Crippen molar-refractivity contribution in [3.63, 3.8) is 0 Å². The van der Waals surface area contributed by atoms with Gasteiger partial charge in [-0.3, -0.25) is 20.4 Å². The van der Waals surface area contributed by atoms with Crippen LogP contribution in [0.5, 0.6) is 0 Å². The van der Waals surface area contributed by atoms with Crippen molar-refractivity contribution < 1.29 is 14.0 Å². The molecule has 6 nitrogen and oxygen atoms in total. The predicted molar refractivity (Wildman–Crippen MR) is 88.9 cm³/mol. The van der Waals surface area contributed by atoms with Gasteiger partial charge in [0.2, 0.25) is 0 Å². The topological polar surface area (TPSA) is 88.4 Å². The minimum atomic E-state index is -0.789. The van der Waals surface area contributed by atoms with Gasteiger partial charge in [0.15, 0.2) is 0 Å². The van der Waals surface area contributed by atoms with E-state index in [0.29, 0.717) is 16.0 Å². The maximum atomic E-state index is 12.1. The number of amides is 2. The molecule has 0 bridgehead atoms. The average molecular weight is 343 g/mol. The van der Waals surface area contributed by atoms with Gasteiger partial charge >= 0.3 is 5.63 Å². The van der Waals surface area contributed by atoms with Crippen molar-refractivity contribution in [2.45, 2.75) is 0 Å². The Kier molecular flexibility index (Phi) is 4.31. The van der Waals surface area contributed by atoms with Crippen molar-refractivity contribution in [1.29, 1.82) is 0 Å². The number of hydrogen-bond donors (Lipinski definition) is 2. The third-order valence-corrected chi connectivity index (χ3v) is 3.50. The Morgan fingerprint density at radius 2 is 1.67 bits per heavy atom. The minimum Gasteiger partial charge on any atom is -0.422 e. The molecule has 0 saturated carbocycles. The van der Waals surface area contributed by atoms with Crippen LogP contribution in [0.2, 0.25) is 5.02 Å². The maximum absolute atomic E-state index is 12.1. The molecule has 0 aliphatic carbocycles. The Morgan fingerprint density at radius 3 is 2.46 bits per heavy atom. The van der Waals surface area contributed by atoms with E-state index < -0.39 is 17.4 Å². The lowest BCUT2D eigenvalue weighted by Crippen LogP contribution is -2.43. The molecule has 2 amide bonds. The van der Waals surface area contributed by atoms with E-state index in [4.69, 9.17) is 16.0 Å². The molecule has 3 aromatic rings. The SMILES string of the molecule is O=C(NNC(=O)c1cc2ccccc2oc1=O)c1cccc(Cl)c1. The Morgan fingerprint density at radius 1 is 0.917 bits per heavy atom. The number of rotatable bonds is 2. The van der Waals surface area contributed by atoms with Gasteiger partial charge < -0.3 is 4.42 Å². The first kappa shape index (κ1) is 15.8. The highest BCUT2D eigenvalue weighted by molar-refractivity contribution is 6.31. The second kappa shape index (κ2) is 6.55. The Labute approximate surface area is 141 Å². The molecule has 0 unspecified atom stereocenters. The number of carbonyl (C=O) groups excluding carboxylic acids is 2. The zero-order valence-corrected chi connectivity index (χ0v) is 13.0. The standard InChI is InChI=1S/C17H11ClN2O4/c18-12-6-3-5-11(8-12)15(21)19-20-16(22)13-9-10-4-1-2-7-14(10)24-17(13)23/h1-9H,(H,19,21)(H,20,22). The van der Waals surface area contributed by atoms with Crippen LogP contribution in [0.3, 0.4) is 0 Å². The number of carbonyl (C=O) groups is 2. The van der Waals surface area contributed by atoms with Gasteiger partial charge in [-0.2, -0.15) is 0 Å². The summed E-state index contributed by atoms with van der Waals surface area (Å²) in [6, 6.07) is 14.4. The van der Waals surface area contributed by atoms with E-state index in [0.717, 1.165) is 0 Å². The minimum absolute atomic E-state index is 0.208. The predicted octanol–water partition coefficient (Wildman–Crippen LogP) is 2.52. The van der Waals surface area contributed by atoms with E-state index in [1.807, 2.05) is 0 Å². The molecule has 2 aromatic carbocycles. The molecule has 0 radical (unpaired) electrons. The number of halogens is 1. The number of hydrogen-bond acceptors (Lipinski definition) is 4. The van der Waals surface area contributed by atoms with Gasteiger partial charge in [0.05, 0.1) is 0 Å². The van der Waals surface area contributed by atoms with Gasteiger partial charge in [-0.25, -0.2) is 4.79 Å². The lowest BCUT2D eigenvalue weighted by atomic mass is 10.2. The van der Waals surface area contributed by atoms with E-state index in [9.17, 15) is 14.4 Å². The number of para-hydroxylation sites is 1. The van der Waals surface area contributed by atoms with Gasteiger partial charge in [-0.15, -0.1) is 0 Å². The van der Waals surface area contributed by atoms with Crippen LogP contribution in [0, 0.1) is 0 Å². The van der Waals surface area contributed by atoms with E-state index in [-0.39, 0.29) is 11.1 Å². The Hall–Kier alpha value is -3.12. The highest BCUT2D eigenvalue weighted by Gasteiger charge is 2.15. The molecule has 24 heavy (non-hydrogen) atoms. The van der Waals surface area contributed by atoms with Gasteiger partial charge in [0.25, 0.3) is 11.8 Å². The number of fused-ring (bicyclic) bond motifs is 1. The zero-order chi connectivity index (χ0) is 17.1. The summed E-state index contributed by atoms with van der Waals surface area (Å²) in [6.07, 6.45) is 0. The molecule has 0 aliphatic heterocycles.